The van der Waals surface area contributed by atoms with Gasteiger partial charge in [-0.1, -0.05) is 25.1 Å². The molecule has 0 N–H and O–H groups in total. The van der Waals surface area contributed by atoms with Gasteiger partial charge in [0.1, 0.15) is 12.4 Å². The van der Waals surface area contributed by atoms with Gasteiger partial charge in [-0.3, -0.25) is 4.90 Å². The van der Waals surface area contributed by atoms with Crippen molar-refractivity contribution in [3.8, 4) is 5.75 Å². The molecule has 1 saturated heterocycles. The van der Waals surface area contributed by atoms with E-state index in [1.807, 2.05) is 6.07 Å². The van der Waals surface area contributed by atoms with Crippen molar-refractivity contribution in [2.45, 2.75) is 26.2 Å². The van der Waals surface area contributed by atoms with Gasteiger partial charge in [0.25, 0.3) is 0 Å². The van der Waals surface area contributed by atoms with Crippen LogP contribution in [-0.4, -0.2) is 31.1 Å². The van der Waals surface area contributed by atoms with Gasteiger partial charge >= 0.3 is 0 Å². The van der Waals surface area contributed by atoms with Gasteiger partial charge in [0, 0.05) is 6.54 Å². The van der Waals surface area contributed by atoms with E-state index in [1.54, 1.807) is 0 Å². The summed E-state index contributed by atoms with van der Waals surface area (Å²) in [5, 5.41) is 0. The molecule has 0 saturated carbocycles. The molecule has 0 bridgehead atoms. The Hall–Kier alpha value is -0.730. The summed E-state index contributed by atoms with van der Waals surface area (Å²) in [6.07, 6.45) is 3.75. The fourth-order valence-electron chi connectivity index (χ4n) is 2.23. The summed E-state index contributed by atoms with van der Waals surface area (Å²) in [4.78, 5) is 2.48. The third-order valence-electron chi connectivity index (χ3n) is 3.22. The van der Waals surface area contributed by atoms with Crippen LogP contribution in [0.4, 0.5) is 0 Å². The van der Waals surface area contributed by atoms with Crippen LogP contribution in [0, 0.1) is 0 Å². The molecule has 0 unspecified atom stereocenters. The summed E-state index contributed by atoms with van der Waals surface area (Å²) in [6.45, 7) is 6.55. The van der Waals surface area contributed by atoms with Gasteiger partial charge in [0.15, 0.2) is 0 Å². The summed E-state index contributed by atoms with van der Waals surface area (Å²) in [6, 6.07) is 8.34. The SMILES string of the molecule is CCc1ccccc1OCCN1CCCC1.Cl. The Balaban J connectivity index is 0.00000144. The second-order valence-corrected chi connectivity index (χ2v) is 4.36. The van der Waals surface area contributed by atoms with E-state index in [9.17, 15) is 0 Å². The third-order valence-corrected chi connectivity index (χ3v) is 3.22. The summed E-state index contributed by atoms with van der Waals surface area (Å²) in [7, 11) is 0. The Kier molecular flexibility index (Phi) is 6.38. The van der Waals surface area contributed by atoms with E-state index in [1.165, 1.54) is 31.5 Å². The number of para-hydroxylation sites is 1. The van der Waals surface area contributed by atoms with E-state index in [0.717, 1.165) is 25.3 Å². The smallest absolute Gasteiger partial charge is 0.122 e. The molecule has 2 nitrogen and oxygen atoms in total. The minimum atomic E-state index is 0. The summed E-state index contributed by atoms with van der Waals surface area (Å²) in [5.74, 6) is 1.06. The molecular formula is C14H22ClNO. The number of hydrogen-bond donors (Lipinski definition) is 0. The fourth-order valence-corrected chi connectivity index (χ4v) is 2.23. The average molecular weight is 256 g/mol. The van der Waals surface area contributed by atoms with Crippen LogP contribution in [0.5, 0.6) is 5.75 Å². The molecule has 1 aliphatic rings. The molecule has 1 aliphatic heterocycles. The summed E-state index contributed by atoms with van der Waals surface area (Å²) >= 11 is 0. The lowest BCUT2D eigenvalue weighted by Gasteiger charge is -2.16. The Labute approximate surface area is 110 Å². The van der Waals surface area contributed by atoms with E-state index in [4.69, 9.17) is 4.74 Å². The highest BCUT2D eigenvalue weighted by atomic mass is 35.5. The lowest BCUT2D eigenvalue weighted by Crippen LogP contribution is -2.25. The van der Waals surface area contributed by atoms with Crippen molar-refractivity contribution >= 4 is 12.4 Å². The number of benzene rings is 1. The van der Waals surface area contributed by atoms with Gasteiger partial charge in [0.05, 0.1) is 0 Å². The highest BCUT2D eigenvalue weighted by Crippen LogP contribution is 2.18. The molecule has 0 atom stereocenters. The maximum Gasteiger partial charge on any atom is 0.122 e. The molecular weight excluding hydrogens is 234 g/mol. The molecule has 2 rings (SSSR count). The Morgan fingerprint density at radius 2 is 1.88 bits per heavy atom. The zero-order chi connectivity index (χ0) is 11.2. The van der Waals surface area contributed by atoms with Crippen molar-refractivity contribution in [2.75, 3.05) is 26.2 Å². The molecule has 0 aliphatic carbocycles. The molecule has 0 amide bonds. The second-order valence-electron chi connectivity index (χ2n) is 4.36. The molecule has 0 spiro atoms. The number of hydrogen-bond acceptors (Lipinski definition) is 2. The predicted molar refractivity (Wildman–Crippen MR) is 74.2 cm³/mol. The van der Waals surface area contributed by atoms with Crippen LogP contribution in [0.1, 0.15) is 25.3 Å². The molecule has 1 heterocycles. The maximum atomic E-state index is 5.85. The van der Waals surface area contributed by atoms with Gasteiger partial charge in [0.2, 0.25) is 0 Å². The van der Waals surface area contributed by atoms with Crippen LogP contribution in [0.2, 0.25) is 0 Å². The molecule has 96 valence electrons. The minimum Gasteiger partial charge on any atom is -0.492 e. The molecule has 0 radical (unpaired) electrons. The van der Waals surface area contributed by atoms with Gasteiger partial charge in [-0.25, -0.2) is 0 Å². The van der Waals surface area contributed by atoms with Crippen molar-refractivity contribution in [3.63, 3.8) is 0 Å². The van der Waals surface area contributed by atoms with E-state index in [0.29, 0.717) is 0 Å². The van der Waals surface area contributed by atoms with Crippen LogP contribution in [0.15, 0.2) is 24.3 Å². The number of rotatable bonds is 5. The zero-order valence-corrected chi connectivity index (χ0v) is 11.3. The molecule has 1 fully saturated rings. The normalized spacial score (nSPS) is 15.6. The summed E-state index contributed by atoms with van der Waals surface area (Å²) in [5.41, 5.74) is 1.31. The minimum absolute atomic E-state index is 0. The Morgan fingerprint density at radius 3 is 2.59 bits per heavy atom. The number of likely N-dealkylation sites (tertiary alicyclic amines) is 1. The Bertz CT molecular complexity index is 324. The first-order valence-corrected chi connectivity index (χ1v) is 6.33. The zero-order valence-electron chi connectivity index (χ0n) is 10.5. The van der Waals surface area contributed by atoms with Crippen molar-refractivity contribution in [3.05, 3.63) is 29.8 Å². The van der Waals surface area contributed by atoms with E-state index in [-0.39, 0.29) is 12.4 Å². The van der Waals surface area contributed by atoms with Crippen LogP contribution in [-0.2, 0) is 6.42 Å². The average Bonchev–Trinajstić information content (AvgIpc) is 2.83. The standard InChI is InChI=1S/C14H21NO.ClH/c1-2-13-7-3-4-8-14(13)16-12-11-15-9-5-6-10-15;/h3-4,7-8H,2,5-6,9-12H2,1H3;1H. The topological polar surface area (TPSA) is 12.5 Å². The number of aryl methyl sites for hydroxylation is 1. The molecule has 3 heteroatoms. The number of halogens is 1. The van der Waals surface area contributed by atoms with Crippen LogP contribution in [0.25, 0.3) is 0 Å². The fraction of sp³-hybridized carbons (Fsp3) is 0.571. The molecule has 17 heavy (non-hydrogen) atoms. The summed E-state index contributed by atoms with van der Waals surface area (Å²) < 4.78 is 5.85. The number of nitrogens with zero attached hydrogens (tertiary/aromatic N) is 1. The van der Waals surface area contributed by atoms with Gasteiger partial charge in [-0.05, 0) is 44.0 Å². The van der Waals surface area contributed by atoms with Gasteiger partial charge < -0.3 is 4.74 Å². The van der Waals surface area contributed by atoms with Crippen LogP contribution < -0.4 is 4.74 Å². The number of ether oxygens (including phenoxy) is 1. The third kappa shape index (κ3) is 4.21. The molecule has 1 aromatic carbocycles. The van der Waals surface area contributed by atoms with E-state index >= 15 is 0 Å². The first-order valence-electron chi connectivity index (χ1n) is 6.33. The predicted octanol–water partition coefficient (Wildman–Crippen LogP) is 3.15. The highest BCUT2D eigenvalue weighted by Gasteiger charge is 2.11. The van der Waals surface area contributed by atoms with Crippen molar-refractivity contribution in [1.29, 1.82) is 0 Å². The lowest BCUT2D eigenvalue weighted by molar-refractivity contribution is 0.236. The molecule has 0 aromatic heterocycles. The van der Waals surface area contributed by atoms with Crippen LogP contribution in [0.3, 0.4) is 0 Å². The largest absolute Gasteiger partial charge is 0.492 e. The first kappa shape index (κ1) is 14.3. The monoisotopic (exact) mass is 255 g/mol. The van der Waals surface area contributed by atoms with E-state index < -0.39 is 0 Å². The second kappa shape index (κ2) is 7.57. The van der Waals surface area contributed by atoms with Crippen molar-refractivity contribution < 1.29 is 4.74 Å². The maximum absolute atomic E-state index is 5.85. The Morgan fingerprint density at radius 1 is 1.18 bits per heavy atom. The van der Waals surface area contributed by atoms with Crippen LogP contribution >= 0.6 is 12.4 Å². The van der Waals surface area contributed by atoms with Crippen molar-refractivity contribution in [1.82, 2.24) is 4.90 Å². The van der Waals surface area contributed by atoms with Gasteiger partial charge in [-0.15, -0.1) is 12.4 Å². The highest BCUT2D eigenvalue weighted by molar-refractivity contribution is 5.85. The van der Waals surface area contributed by atoms with Crippen molar-refractivity contribution in [2.24, 2.45) is 0 Å². The first-order chi connectivity index (χ1) is 7.90. The lowest BCUT2D eigenvalue weighted by atomic mass is 10.1. The molecule has 1 aromatic rings. The van der Waals surface area contributed by atoms with Gasteiger partial charge in [-0.2, -0.15) is 0 Å². The van der Waals surface area contributed by atoms with E-state index in [2.05, 4.69) is 30.0 Å². The quantitative estimate of drug-likeness (QED) is 0.802.